The summed E-state index contributed by atoms with van der Waals surface area (Å²) in [6, 6.07) is 4.73. The first kappa shape index (κ1) is 15.0. The number of phenols is 2. The topological polar surface area (TPSA) is 61.7 Å². The lowest BCUT2D eigenvalue weighted by Crippen LogP contribution is -2.19. The van der Waals surface area contributed by atoms with E-state index in [2.05, 4.69) is 5.32 Å². The smallest absolute Gasteiger partial charge is 0.157 e. The first-order valence-corrected chi connectivity index (χ1v) is 4.97. The summed E-state index contributed by atoms with van der Waals surface area (Å²) in [4.78, 5) is 0. The van der Waals surface area contributed by atoms with Gasteiger partial charge in [-0.05, 0) is 31.7 Å². The van der Waals surface area contributed by atoms with Crippen molar-refractivity contribution in [1.82, 2.24) is 5.32 Å². The van der Waals surface area contributed by atoms with Gasteiger partial charge in [0.1, 0.15) is 0 Å². The summed E-state index contributed by atoms with van der Waals surface area (Å²) < 4.78 is 5.51. The maximum absolute atomic E-state index is 9.36. The average molecular weight is 248 g/mol. The molecule has 1 aromatic rings. The van der Waals surface area contributed by atoms with E-state index >= 15 is 0 Å². The van der Waals surface area contributed by atoms with Crippen molar-refractivity contribution >= 4 is 12.4 Å². The molecular formula is C11H18ClNO3. The number of halogens is 1. The predicted molar refractivity (Wildman–Crippen MR) is 65.3 cm³/mol. The fourth-order valence-corrected chi connectivity index (χ4v) is 1.40. The number of hydrogen-bond donors (Lipinski definition) is 3. The molecule has 0 aliphatic carbocycles. The fourth-order valence-electron chi connectivity index (χ4n) is 1.40. The highest BCUT2D eigenvalue weighted by Gasteiger charge is 2.12. The van der Waals surface area contributed by atoms with Crippen LogP contribution in [0.15, 0.2) is 18.2 Å². The second-order valence-corrected chi connectivity index (χ2v) is 3.25. The van der Waals surface area contributed by atoms with E-state index < -0.39 is 0 Å². The van der Waals surface area contributed by atoms with Crippen LogP contribution in [0.5, 0.6) is 11.5 Å². The van der Waals surface area contributed by atoms with Gasteiger partial charge in [-0.3, -0.25) is 0 Å². The van der Waals surface area contributed by atoms with Crippen molar-refractivity contribution in [2.45, 2.75) is 13.0 Å². The van der Waals surface area contributed by atoms with Gasteiger partial charge >= 0.3 is 0 Å². The van der Waals surface area contributed by atoms with Crippen molar-refractivity contribution in [2.24, 2.45) is 0 Å². The standard InChI is InChI=1S/C11H17NO3.ClH/c1-3-15-11(7-12-2)8-4-5-9(13)10(14)6-8;/h4-6,11-14H,3,7H2,1-2H3;1H. The molecule has 0 aromatic heterocycles. The number of nitrogens with one attached hydrogen (secondary N) is 1. The Morgan fingerprint density at radius 3 is 2.50 bits per heavy atom. The van der Waals surface area contributed by atoms with Crippen LogP contribution >= 0.6 is 12.4 Å². The van der Waals surface area contributed by atoms with E-state index in [1.807, 2.05) is 14.0 Å². The summed E-state index contributed by atoms with van der Waals surface area (Å²) >= 11 is 0. The van der Waals surface area contributed by atoms with E-state index in [9.17, 15) is 10.2 Å². The highest BCUT2D eigenvalue weighted by atomic mass is 35.5. The molecule has 0 saturated carbocycles. The molecule has 0 aliphatic heterocycles. The van der Waals surface area contributed by atoms with Gasteiger partial charge in [0, 0.05) is 13.2 Å². The van der Waals surface area contributed by atoms with E-state index in [1.54, 1.807) is 6.07 Å². The number of rotatable bonds is 5. The van der Waals surface area contributed by atoms with Crippen molar-refractivity contribution in [3.8, 4) is 11.5 Å². The maximum Gasteiger partial charge on any atom is 0.157 e. The number of likely N-dealkylation sites (N-methyl/N-ethyl adjacent to an activating group) is 1. The quantitative estimate of drug-likeness (QED) is 0.695. The molecule has 4 nitrogen and oxygen atoms in total. The SMILES string of the molecule is CCOC(CNC)c1ccc(O)c(O)c1.Cl. The molecule has 0 amide bonds. The third kappa shape index (κ3) is 3.89. The summed E-state index contributed by atoms with van der Waals surface area (Å²) in [5, 5.41) is 21.6. The molecule has 0 fully saturated rings. The van der Waals surface area contributed by atoms with Crippen LogP contribution in [0.4, 0.5) is 0 Å². The molecule has 0 radical (unpaired) electrons. The lowest BCUT2D eigenvalue weighted by atomic mass is 10.1. The molecule has 0 spiro atoms. The van der Waals surface area contributed by atoms with Crippen LogP contribution in [0, 0.1) is 0 Å². The normalized spacial score (nSPS) is 11.9. The molecular weight excluding hydrogens is 230 g/mol. The van der Waals surface area contributed by atoms with Crippen molar-refractivity contribution < 1.29 is 14.9 Å². The van der Waals surface area contributed by atoms with Gasteiger partial charge in [-0.15, -0.1) is 12.4 Å². The summed E-state index contributed by atoms with van der Waals surface area (Å²) in [7, 11) is 1.84. The van der Waals surface area contributed by atoms with Gasteiger partial charge in [-0.1, -0.05) is 6.07 Å². The first-order chi connectivity index (χ1) is 7.19. The van der Waals surface area contributed by atoms with Gasteiger partial charge in [0.05, 0.1) is 6.10 Å². The molecule has 16 heavy (non-hydrogen) atoms. The summed E-state index contributed by atoms with van der Waals surface area (Å²) in [5.74, 6) is -0.230. The van der Waals surface area contributed by atoms with Crippen LogP contribution in [-0.2, 0) is 4.74 Å². The van der Waals surface area contributed by atoms with Crippen molar-refractivity contribution in [3.63, 3.8) is 0 Å². The Bertz CT molecular complexity index is 314. The van der Waals surface area contributed by atoms with Gasteiger partial charge in [0.2, 0.25) is 0 Å². The molecule has 0 bridgehead atoms. The van der Waals surface area contributed by atoms with E-state index in [0.29, 0.717) is 13.2 Å². The zero-order valence-corrected chi connectivity index (χ0v) is 10.3. The van der Waals surface area contributed by atoms with Gasteiger partial charge in [0.25, 0.3) is 0 Å². The number of hydrogen-bond acceptors (Lipinski definition) is 4. The molecule has 5 heteroatoms. The summed E-state index contributed by atoms with van der Waals surface area (Å²) in [6.45, 7) is 3.19. The van der Waals surface area contributed by atoms with Crippen LogP contribution in [0.1, 0.15) is 18.6 Å². The minimum absolute atomic E-state index is 0. The number of aromatic hydroxyl groups is 2. The maximum atomic E-state index is 9.36. The van der Waals surface area contributed by atoms with Crippen LogP contribution in [0.25, 0.3) is 0 Å². The second kappa shape index (κ2) is 7.33. The minimum atomic E-state index is -0.117. The molecule has 1 aromatic carbocycles. The third-order valence-electron chi connectivity index (χ3n) is 2.13. The Labute approximate surface area is 102 Å². The van der Waals surface area contributed by atoms with Gasteiger partial charge in [-0.2, -0.15) is 0 Å². The lowest BCUT2D eigenvalue weighted by Gasteiger charge is -2.17. The fraction of sp³-hybridized carbons (Fsp3) is 0.455. The van der Waals surface area contributed by atoms with Gasteiger partial charge in [0.15, 0.2) is 11.5 Å². The molecule has 92 valence electrons. The summed E-state index contributed by atoms with van der Waals surface area (Å²) in [5.41, 5.74) is 0.849. The molecule has 3 N–H and O–H groups in total. The molecule has 0 heterocycles. The Morgan fingerprint density at radius 1 is 1.31 bits per heavy atom. The zero-order chi connectivity index (χ0) is 11.3. The van der Waals surface area contributed by atoms with Crippen molar-refractivity contribution in [3.05, 3.63) is 23.8 Å². The second-order valence-electron chi connectivity index (χ2n) is 3.25. The molecule has 0 saturated heterocycles. The van der Waals surface area contributed by atoms with Crippen molar-refractivity contribution in [1.29, 1.82) is 0 Å². The largest absolute Gasteiger partial charge is 0.504 e. The highest BCUT2D eigenvalue weighted by Crippen LogP contribution is 2.28. The van der Waals surface area contributed by atoms with Crippen molar-refractivity contribution in [2.75, 3.05) is 20.2 Å². The number of phenolic OH excluding ortho intramolecular Hbond substituents is 2. The third-order valence-corrected chi connectivity index (χ3v) is 2.13. The highest BCUT2D eigenvalue weighted by molar-refractivity contribution is 5.85. The molecule has 1 unspecified atom stereocenters. The first-order valence-electron chi connectivity index (χ1n) is 4.97. The van der Waals surface area contributed by atoms with E-state index in [0.717, 1.165) is 5.56 Å². The number of ether oxygens (including phenoxy) is 1. The molecule has 0 aliphatic rings. The van der Waals surface area contributed by atoms with Crippen LogP contribution in [0.3, 0.4) is 0 Å². The minimum Gasteiger partial charge on any atom is -0.504 e. The Kier molecular flexibility index (Phi) is 6.88. The number of benzene rings is 1. The lowest BCUT2D eigenvalue weighted by molar-refractivity contribution is 0.0636. The molecule has 1 atom stereocenters. The van der Waals surface area contributed by atoms with Gasteiger partial charge in [-0.25, -0.2) is 0 Å². The van der Waals surface area contributed by atoms with E-state index in [1.165, 1.54) is 12.1 Å². The van der Waals surface area contributed by atoms with Crippen LogP contribution in [-0.4, -0.2) is 30.4 Å². The Balaban J connectivity index is 0.00000225. The van der Waals surface area contributed by atoms with Gasteiger partial charge < -0.3 is 20.3 Å². The van der Waals surface area contributed by atoms with Crippen LogP contribution < -0.4 is 5.32 Å². The Hall–Kier alpha value is -0.970. The Morgan fingerprint density at radius 2 is 2.00 bits per heavy atom. The molecule has 1 rings (SSSR count). The summed E-state index contributed by atoms with van der Waals surface area (Å²) in [6.07, 6.45) is -0.105. The average Bonchev–Trinajstić information content (AvgIpc) is 2.22. The predicted octanol–water partition coefficient (Wildman–Crippen LogP) is 1.82. The zero-order valence-electron chi connectivity index (χ0n) is 9.43. The van der Waals surface area contributed by atoms with Crippen LogP contribution in [0.2, 0.25) is 0 Å². The van der Waals surface area contributed by atoms with E-state index in [4.69, 9.17) is 4.74 Å². The van der Waals surface area contributed by atoms with E-state index in [-0.39, 0.29) is 30.0 Å². The monoisotopic (exact) mass is 247 g/mol.